The third-order valence-electron chi connectivity index (χ3n) is 12.0. The predicted octanol–water partition coefficient (Wildman–Crippen LogP) is 6.33. The molecular weight excluding hydrogens is 754 g/mol. The quantitative estimate of drug-likeness (QED) is 0.137. The van der Waals surface area contributed by atoms with Crippen LogP contribution >= 0.6 is 11.6 Å². The van der Waals surface area contributed by atoms with Gasteiger partial charge < -0.3 is 9.80 Å². The van der Waals surface area contributed by atoms with Gasteiger partial charge in [-0.05, 0) is 93.5 Å². The Bertz CT molecular complexity index is 2460. The molecule has 0 spiro atoms. The molecule has 3 aliphatic heterocycles. The minimum atomic E-state index is -1.00. The summed E-state index contributed by atoms with van der Waals surface area (Å²) in [5.41, 5.74) is 7.66. The number of amides is 5. The summed E-state index contributed by atoms with van der Waals surface area (Å²) in [4.78, 5) is 72.5. The van der Waals surface area contributed by atoms with Gasteiger partial charge in [-0.15, -0.1) is 0 Å². The van der Waals surface area contributed by atoms with Crippen molar-refractivity contribution in [3.8, 4) is 23.1 Å². The first-order valence-corrected chi connectivity index (χ1v) is 20.1. The number of rotatable bonds is 6. The van der Waals surface area contributed by atoms with Gasteiger partial charge in [0, 0.05) is 72.0 Å². The Morgan fingerprint density at radius 1 is 0.897 bits per heavy atom. The molecule has 1 N–H and O–H groups in total. The van der Waals surface area contributed by atoms with Crippen LogP contribution in [-0.2, 0) is 20.9 Å². The number of piperidine rings is 1. The molecule has 5 amide bonds. The van der Waals surface area contributed by atoms with Gasteiger partial charge in [-0.3, -0.25) is 38.9 Å². The van der Waals surface area contributed by atoms with Gasteiger partial charge in [-0.25, -0.2) is 4.85 Å². The van der Waals surface area contributed by atoms with Crippen molar-refractivity contribution in [3.63, 3.8) is 0 Å². The fraction of sp³-hybridized carbons (Fsp3) is 0.356. The summed E-state index contributed by atoms with van der Waals surface area (Å²) in [6, 6.07) is 17.8. The fourth-order valence-electron chi connectivity index (χ4n) is 8.44. The third kappa shape index (κ3) is 7.48. The Kier molecular flexibility index (Phi) is 10.6. The van der Waals surface area contributed by atoms with Crippen LogP contribution in [0.5, 0.6) is 0 Å². The number of halogens is 1. The number of carbonyl (C=O) groups is 5. The number of nitrogens with zero attached hydrogens (tertiary/aromatic N) is 6. The van der Waals surface area contributed by atoms with Crippen LogP contribution in [0.15, 0.2) is 60.7 Å². The maximum atomic E-state index is 13.6. The molecule has 1 unspecified atom stereocenters. The van der Waals surface area contributed by atoms with Crippen LogP contribution in [0.3, 0.4) is 0 Å². The second kappa shape index (κ2) is 16.0. The molecule has 8 rings (SSSR count). The number of benzene rings is 3. The van der Waals surface area contributed by atoms with Gasteiger partial charge in [0.05, 0.1) is 29.9 Å². The van der Waals surface area contributed by atoms with Crippen LogP contribution in [0.4, 0.5) is 11.4 Å². The third-order valence-corrected chi connectivity index (χ3v) is 12.3. The lowest BCUT2D eigenvalue weighted by Gasteiger charge is -2.38. The molecule has 4 aromatic rings. The topological polar surface area (TPSA) is 129 Å². The zero-order valence-electron chi connectivity index (χ0n) is 32.4. The Morgan fingerprint density at radius 2 is 1.62 bits per heavy atom. The number of carbonyl (C=O) groups excluding carboxylic acids is 5. The Labute approximate surface area is 341 Å². The summed E-state index contributed by atoms with van der Waals surface area (Å²) in [7, 11) is 0. The van der Waals surface area contributed by atoms with Crippen molar-refractivity contribution < 1.29 is 24.0 Å². The smallest absolute Gasteiger partial charge is 0.262 e. The molecule has 294 valence electrons. The largest absolute Gasteiger partial charge is 0.368 e. The first-order valence-electron chi connectivity index (χ1n) is 19.7. The van der Waals surface area contributed by atoms with E-state index in [1.54, 1.807) is 24.3 Å². The van der Waals surface area contributed by atoms with Gasteiger partial charge in [-0.1, -0.05) is 47.7 Å². The standard InChI is InChI=1S/C45H42ClN7O5/c1-27-28(2)52(49-41(27)33-14-17-38(47-3)37(46)24-33)26-31-8-6-29(7-9-31)4-5-30-10-12-32(13-11-30)43(56)51-22-20-50(21-23-51)34-15-16-35-36(25-34)45(58)53(44(35)57)39-18-19-40(54)48-42(39)55/h6-9,14-17,24-25,30,32,39H,10-13,18-23,26H2,1-2H3,(H,48,54,55). The average molecular weight is 796 g/mol. The molecule has 1 saturated carbocycles. The van der Waals surface area contributed by atoms with Crippen molar-refractivity contribution in [2.45, 2.75) is 65.0 Å². The van der Waals surface area contributed by atoms with E-state index in [0.29, 0.717) is 43.4 Å². The number of piperazine rings is 1. The molecule has 0 radical (unpaired) electrons. The van der Waals surface area contributed by atoms with E-state index in [1.165, 1.54) is 0 Å². The summed E-state index contributed by atoms with van der Waals surface area (Å²) in [6.07, 6.45) is 3.56. The maximum Gasteiger partial charge on any atom is 0.262 e. The zero-order valence-corrected chi connectivity index (χ0v) is 33.1. The summed E-state index contributed by atoms with van der Waals surface area (Å²) in [5.74, 6) is 5.14. The number of hydrogen-bond acceptors (Lipinski definition) is 7. The van der Waals surface area contributed by atoms with Crippen LogP contribution < -0.4 is 10.2 Å². The number of imide groups is 2. The van der Waals surface area contributed by atoms with Gasteiger partial charge in [0.15, 0.2) is 0 Å². The second-order valence-electron chi connectivity index (χ2n) is 15.5. The number of hydrogen-bond donors (Lipinski definition) is 1. The molecule has 3 aromatic carbocycles. The van der Waals surface area contributed by atoms with E-state index in [2.05, 4.69) is 46.0 Å². The van der Waals surface area contributed by atoms with Crippen molar-refractivity contribution >= 4 is 52.5 Å². The summed E-state index contributed by atoms with van der Waals surface area (Å²) >= 11 is 6.30. The van der Waals surface area contributed by atoms with E-state index in [1.807, 2.05) is 40.8 Å². The minimum absolute atomic E-state index is 0.0178. The molecular formula is C45H42ClN7O5. The van der Waals surface area contributed by atoms with E-state index in [4.69, 9.17) is 23.3 Å². The number of fused-ring (bicyclic) bond motifs is 1. The van der Waals surface area contributed by atoms with E-state index in [9.17, 15) is 24.0 Å². The Balaban J connectivity index is 0.810. The number of aromatic nitrogens is 2. The van der Waals surface area contributed by atoms with E-state index < -0.39 is 29.7 Å². The van der Waals surface area contributed by atoms with E-state index in [-0.39, 0.29) is 41.7 Å². The van der Waals surface area contributed by atoms with Crippen molar-refractivity contribution in [1.29, 1.82) is 0 Å². The van der Waals surface area contributed by atoms with Gasteiger partial charge in [-0.2, -0.15) is 5.10 Å². The molecule has 4 aliphatic rings. The molecule has 58 heavy (non-hydrogen) atoms. The predicted molar refractivity (Wildman–Crippen MR) is 218 cm³/mol. The SMILES string of the molecule is [C-]#[N+]c1ccc(-c2nn(Cc3ccc(C#CC4CCC(C(=O)N5CCN(c6ccc7c(c6)C(=O)N(C6CCC(=O)NC6=O)C7=O)CC5)CC4)cc3)c(C)c2C)cc1Cl. The molecule has 2 saturated heterocycles. The highest BCUT2D eigenvalue weighted by Crippen LogP contribution is 2.34. The van der Waals surface area contributed by atoms with Gasteiger partial charge in [0.1, 0.15) is 6.04 Å². The molecule has 1 aliphatic carbocycles. The maximum absolute atomic E-state index is 13.6. The molecule has 3 fully saturated rings. The van der Waals surface area contributed by atoms with Crippen LogP contribution in [0, 0.1) is 44.1 Å². The highest BCUT2D eigenvalue weighted by atomic mass is 35.5. The van der Waals surface area contributed by atoms with Crippen LogP contribution in [-0.4, -0.2) is 81.3 Å². The van der Waals surface area contributed by atoms with Crippen molar-refractivity contribution in [1.82, 2.24) is 24.9 Å². The number of anilines is 1. The minimum Gasteiger partial charge on any atom is -0.368 e. The van der Waals surface area contributed by atoms with Crippen molar-refractivity contribution in [2.24, 2.45) is 11.8 Å². The lowest BCUT2D eigenvalue weighted by molar-refractivity contribution is -0.137. The summed E-state index contributed by atoms with van der Waals surface area (Å²) in [5, 5.41) is 7.52. The lowest BCUT2D eigenvalue weighted by Crippen LogP contribution is -2.54. The highest BCUT2D eigenvalue weighted by Gasteiger charge is 2.45. The van der Waals surface area contributed by atoms with Gasteiger partial charge >= 0.3 is 0 Å². The molecule has 1 aromatic heterocycles. The van der Waals surface area contributed by atoms with Crippen molar-refractivity contribution in [3.05, 3.63) is 111 Å². The molecule has 13 heteroatoms. The van der Waals surface area contributed by atoms with Crippen molar-refractivity contribution in [2.75, 3.05) is 31.1 Å². The first kappa shape index (κ1) is 38.6. The second-order valence-corrected chi connectivity index (χ2v) is 15.9. The lowest BCUT2D eigenvalue weighted by atomic mass is 9.81. The van der Waals surface area contributed by atoms with Gasteiger partial charge in [0.25, 0.3) is 11.8 Å². The highest BCUT2D eigenvalue weighted by molar-refractivity contribution is 6.33. The Morgan fingerprint density at radius 3 is 2.31 bits per heavy atom. The molecule has 0 bridgehead atoms. The fourth-order valence-corrected chi connectivity index (χ4v) is 8.67. The summed E-state index contributed by atoms with van der Waals surface area (Å²) < 4.78 is 1.99. The normalized spacial score (nSPS) is 20.7. The molecule has 12 nitrogen and oxygen atoms in total. The molecule has 1 atom stereocenters. The monoisotopic (exact) mass is 795 g/mol. The number of nitrogens with one attached hydrogen (secondary N) is 1. The first-order chi connectivity index (χ1) is 28.0. The van der Waals surface area contributed by atoms with E-state index >= 15 is 0 Å². The van der Waals surface area contributed by atoms with Crippen LogP contribution in [0.1, 0.15) is 81.6 Å². The summed E-state index contributed by atoms with van der Waals surface area (Å²) in [6.45, 7) is 14.3. The molecule has 4 heterocycles. The van der Waals surface area contributed by atoms with E-state index in [0.717, 1.165) is 69.9 Å². The average Bonchev–Trinajstić information content (AvgIpc) is 3.66. The van der Waals surface area contributed by atoms with Crippen LogP contribution in [0.25, 0.3) is 16.1 Å². The van der Waals surface area contributed by atoms with Gasteiger partial charge in [0.2, 0.25) is 23.4 Å². The van der Waals surface area contributed by atoms with Crippen LogP contribution in [0.2, 0.25) is 5.02 Å². The Hall–Kier alpha value is -6.24. The zero-order chi connectivity index (χ0) is 40.7.